The molecule has 1 N–H and O–H groups in total. The van der Waals surface area contributed by atoms with Crippen molar-refractivity contribution in [1.29, 1.82) is 0 Å². The first-order valence-electron chi connectivity index (χ1n) is 10.2. The Morgan fingerprint density at radius 1 is 1.07 bits per heavy atom. The quantitative estimate of drug-likeness (QED) is 0.360. The van der Waals surface area contributed by atoms with Gasteiger partial charge in [-0.1, -0.05) is 46.4 Å². The van der Waals surface area contributed by atoms with Gasteiger partial charge in [0.1, 0.15) is 5.82 Å². The summed E-state index contributed by atoms with van der Waals surface area (Å²) in [6, 6.07) is 4.46. The highest BCUT2D eigenvalue weighted by molar-refractivity contribution is 6.05. The lowest BCUT2D eigenvalue weighted by Crippen LogP contribution is -2.44. The van der Waals surface area contributed by atoms with E-state index in [2.05, 4.69) is 41.9 Å². The van der Waals surface area contributed by atoms with Crippen LogP contribution in [-0.4, -0.2) is 51.2 Å². The molecule has 4 nitrogen and oxygen atoms in total. The second-order valence-electron chi connectivity index (χ2n) is 5.49. The molecule has 0 bridgehead atoms. The van der Waals surface area contributed by atoms with Crippen LogP contribution in [0.1, 0.15) is 34.6 Å². The van der Waals surface area contributed by atoms with Crippen molar-refractivity contribution in [2.45, 2.75) is 34.6 Å². The number of carbonyl (C=O) groups is 1. The molecule has 0 aromatic heterocycles. The number of hydrogen-bond acceptors (Lipinski definition) is 3. The first kappa shape index (κ1) is 32.2. The number of alkyl halides is 1. The van der Waals surface area contributed by atoms with Crippen molar-refractivity contribution in [1.82, 2.24) is 4.90 Å². The number of likely N-dealkylation sites (N-methyl/N-ethyl adjacent to an activating group) is 1. The summed E-state index contributed by atoms with van der Waals surface area (Å²) < 4.78 is 23.1. The monoisotopic (exact) mass is 425 g/mol. The SMILES string of the molecule is C=C.C=C/C=C(\C)C(=O)Nc1ccc(F)cc1N1CCN(C)CC1.CC.CC.CF. The van der Waals surface area contributed by atoms with E-state index in [0.717, 1.165) is 31.9 Å². The summed E-state index contributed by atoms with van der Waals surface area (Å²) in [5, 5.41) is 2.85. The number of rotatable bonds is 4. The summed E-state index contributed by atoms with van der Waals surface area (Å²) in [5.41, 5.74) is 1.92. The van der Waals surface area contributed by atoms with E-state index >= 15 is 0 Å². The number of carbonyl (C=O) groups excluding carboxylic acids is 1. The normalized spacial score (nSPS) is 12.8. The smallest absolute Gasteiger partial charge is 0.251 e. The lowest BCUT2D eigenvalue weighted by atomic mass is 10.2. The molecule has 1 heterocycles. The van der Waals surface area contributed by atoms with Crippen molar-refractivity contribution in [3.05, 3.63) is 61.5 Å². The molecule has 1 amide bonds. The van der Waals surface area contributed by atoms with E-state index in [1.807, 2.05) is 27.7 Å². The predicted molar refractivity (Wildman–Crippen MR) is 130 cm³/mol. The maximum absolute atomic E-state index is 13.6. The maximum atomic E-state index is 13.6. The molecule has 1 fully saturated rings. The second kappa shape index (κ2) is 21.2. The summed E-state index contributed by atoms with van der Waals surface area (Å²) in [6.45, 7) is 22.8. The van der Waals surface area contributed by atoms with Gasteiger partial charge >= 0.3 is 0 Å². The summed E-state index contributed by atoms with van der Waals surface area (Å²) >= 11 is 0. The summed E-state index contributed by atoms with van der Waals surface area (Å²) in [4.78, 5) is 16.5. The van der Waals surface area contributed by atoms with E-state index < -0.39 is 0 Å². The predicted octanol–water partition coefficient (Wildman–Crippen LogP) is 6.09. The number of nitrogens with zero attached hydrogens (tertiary/aromatic N) is 2. The Morgan fingerprint density at radius 3 is 2.03 bits per heavy atom. The van der Waals surface area contributed by atoms with Crippen molar-refractivity contribution in [3.63, 3.8) is 0 Å². The Labute approximate surface area is 183 Å². The molecule has 6 heteroatoms. The highest BCUT2D eigenvalue weighted by atomic mass is 19.1. The molecule has 1 aromatic rings. The van der Waals surface area contributed by atoms with Crippen molar-refractivity contribution >= 4 is 17.3 Å². The number of benzene rings is 1. The third-order valence-corrected chi connectivity index (χ3v) is 3.78. The lowest BCUT2D eigenvalue weighted by Gasteiger charge is -2.35. The van der Waals surface area contributed by atoms with Gasteiger partial charge in [-0.05, 0) is 32.2 Å². The molecule has 0 radical (unpaired) electrons. The minimum absolute atomic E-state index is 0.207. The zero-order valence-electron chi connectivity index (χ0n) is 19.9. The number of piperazine rings is 1. The standard InChI is InChI=1S/C17H22FN3O.2C2H6.C2H4.CH3F/c1-4-5-13(2)17(22)19-15-7-6-14(18)12-16(15)21-10-8-20(3)9-11-21;4*1-2/h4-7,12H,1,8-11H2,2-3H3,(H,19,22);2*1-2H3;1-2H2;1H3/b13-5+;;;;. The van der Waals surface area contributed by atoms with Crippen LogP contribution in [0.3, 0.4) is 0 Å². The number of allylic oxidation sites excluding steroid dienone is 2. The molecular formula is C24H41F2N3O. The van der Waals surface area contributed by atoms with Gasteiger partial charge in [-0.2, -0.15) is 0 Å². The molecule has 0 saturated carbocycles. The van der Waals surface area contributed by atoms with Gasteiger partial charge in [0.15, 0.2) is 0 Å². The van der Waals surface area contributed by atoms with Gasteiger partial charge < -0.3 is 15.1 Å². The third kappa shape index (κ3) is 12.2. The number of amides is 1. The van der Waals surface area contributed by atoms with Gasteiger partial charge in [-0.3, -0.25) is 9.18 Å². The number of nitrogens with one attached hydrogen (secondary N) is 1. The van der Waals surface area contributed by atoms with Crippen LogP contribution in [0.2, 0.25) is 0 Å². The first-order valence-corrected chi connectivity index (χ1v) is 10.2. The van der Waals surface area contributed by atoms with E-state index in [1.165, 1.54) is 12.1 Å². The van der Waals surface area contributed by atoms with Crippen LogP contribution in [0.15, 0.2) is 55.7 Å². The fourth-order valence-corrected chi connectivity index (χ4v) is 2.39. The van der Waals surface area contributed by atoms with Crippen molar-refractivity contribution < 1.29 is 13.6 Å². The van der Waals surface area contributed by atoms with Crippen molar-refractivity contribution in [2.75, 3.05) is 50.6 Å². The molecule has 1 aliphatic heterocycles. The Bertz CT molecular complexity index is 610. The zero-order valence-corrected chi connectivity index (χ0v) is 19.9. The molecule has 0 aliphatic carbocycles. The van der Waals surface area contributed by atoms with Crippen LogP contribution in [0.4, 0.5) is 20.2 Å². The first-order chi connectivity index (χ1) is 14.5. The molecule has 1 aromatic carbocycles. The highest BCUT2D eigenvalue weighted by Crippen LogP contribution is 2.28. The topological polar surface area (TPSA) is 35.6 Å². The largest absolute Gasteiger partial charge is 0.367 e. The molecule has 0 unspecified atom stereocenters. The molecule has 1 saturated heterocycles. The lowest BCUT2D eigenvalue weighted by molar-refractivity contribution is -0.112. The van der Waals surface area contributed by atoms with E-state index in [4.69, 9.17) is 0 Å². The van der Waals surface area contributed by atoms with Gasteiger partial charge in [0, 0.05) is 31.8 Å². The minimum Gasteiger partial charge on any atom is -0.367 e. The molecule has 30 heavy (non-hydrogen) atoms. The van der Waals surface area contributed by atoms with Crippen molar-refractivity contribution in [2.24, 2.45) is 0 Å². The van der Waals surface area contributed by atoms with Gasteiger partial charge in [0.2, 0.25) is 0 Å². The third-order valence-electron chi connectivity index (χ3n) is 3.78. The summed E-state index contributed by atoms with van der Waals surface area (Å²) in [6.07, 6.45) is 3.22. The molecule has 1 aliphatic rings. The van der Waals surface area contributed by atoms with Crippen LogP contribution < -0.4 is 10.2 Å². The average molecular weight is 426 g/mol. The number of halogens is 2. The Hall–Kier alpha value is -2.47. The summed E-state index contributed by atoms with van der Waals surface area (Å²) in [5.74, 6) is -0.507. The Balaban J connectivity index is -0.000000815. The zero-order chi connectivity index (χ0) is 24.1. The van der Waals surface area contributed by atoms with Crippen LogP contribution in [0.25, 0.3) is 0 Å². The molecular weight excluding hydrogens is 384 g/mol. The Morgan fingerprint density at radius 2 is 1.57 bits per heavy atom. The van der Waals surface area contributed by atoms with Gasteiger partial charge in [0.25, 0.3) is 5.91 Å². The van der Waals surface area contributed by atoms with Crippen LogP contribution in [0, 0.1) is 5.82 Å². The fraction of sp³-hybridized carbons (Fsp3) is 0.458. The average Bonchev–Trinajstić information content (AvgIpc) is 2.81. The molecule has 0 spiro atoms. The maximum Gasteiger partial charge on any atom is 0.251 e. The summed E-state index contributed by atoms with van der Waals surface area (Å²) in [7, 11) is 2.56. The van der Waals surface area contributed by atoms with Gasteiger partial charge in [-0.25, -0.2) is 4.39 Å². The minimum atomic E-state index is -0.301. The molecule has 0 atom stereocenters. The Kier molecular flexibility index (Phi) is 22.8. The van der Waals surface area contributed by atoms with E-state index in [9.17, 15) is 13.6 Å². The van der Waals surface area contributed by atoms with Crippen molar-refractivity contribution in [3.8, 4) is 0 Å². The second-order valence-corrected chi connectivity index (χ2v) is 5.49. The van der Waals surface area contributed by atoms with Crippen LogP contribution in [-0.2, 0) is 4.79 Å². The van der Waals surface area contributed by atoms with Gasteiger partial charge in [0.05, 0.1) is 18.6 Å². The van der Waals surface area contributed by atoms with E-state index in [-0.39, 0.29) is 11.7 Å². The number of anilines is 2. The number of hydrogen-bond donors (Lipinski definition) is 1. The molecule has 172 valence electrons. The van der Waals surface area contributed by atoms with Gasteiger partial charge in [-0.15, -0.1) is 13.2 Å². The van der Waals surface area contributed by atoms with E-state index in [1.54, 1.807) is 25.1 Å². The molecule has 2 rings (SSSR count). The van der Waals surface area contributed by atoms with Crippen LogP contribution in [0.5, 0.6) is 0 Å². The highest BCUT2D eigenvalue weighted by Gasteiger charge is 2.19. The fourth-order valence-electron chi connectivity index (χ4n) is 2.39. The van der Waals surface area contributed by atoms with Crippen LogP contribution >= 0.6 is 0 Å². The van der Waals surface area contributed by atoms with E-state index in [0.29, 0.717) is 18.4 Å².